The molecule has 0 aromatic heterocycles. The summed E-state index contributed by atoms with van der Waals surface area (Å²) in [5.74, 6) is -0.989. The molecule has 1 aromatic rings. The highest BCUT2D eigenvalue weighted by Gasteiger charge is 2.46. The van der Waals surface area contributed by atoms with Gasteiger partial charge >= 0.3 is 22.1 Å². The van der Waals surface area contributed by atoms with Crippen molar-refractivity contribution in [2.24, 2.45) is 0 Å². The largest absolute Gasteiger partial charge is 0.420 e. The van der Waals surface area contributed by atoms with Crippen molar-refractivity contribution < 1.29 is 31.3 Å². The van der Waals surface area contributed by atoms with Gasteiger partial charge in [-0.1, -0.05) is 43.0 Å². The third-order valence-electron chi connectivity index (χ3n) is 6.57. The molecule has 1 saturated heterocycles. The summed E-state index contributed by atoms with van der Waals surface area (Å²) in [6, 6.07) is 9.54. The average Bonchev–Trinajstić information content (AvgIpc) is 2.78. The van der Waals surface area contributed by atoms with Crippen LogP contribution >= 0.6 is 0 Å². The molecule has 1 unspecified atom stereocenters. The SMILES string of the molecule is CN(C(=O)CC(F)(F)F)c1cccc([Si](C)(C)CC[Si]2(C)OCCCC[Si](=O)[Si](=O)[Si]2C)c1. The van der Waals surface area contributed by atoms with Crippen molar-refractivity contribution in [1.82, 2.24) is 0 Å². The van der Waals surface area contributed by atoms with E-state index in [9.17, 15) is 26.9 Å². The van der Waals surface area contributed by atoms with Gasteiger partial charge in [0.1, 0.15) is 14.3 Å². The summed E-state index contributed by atoms with van der Waals surface area (Å²) < 4.78 is 69.8. The average molecular weight is 549 g/mol. The predicted octanol–water partition coefficient (Wildman–Crippen LogP) is 4.11. The number of rotatable bonds is 6. The van der Waals surface area contributed by atoms with Gasteiger partial charge < -0.3 is 18.2 Å². The van der Waals surface area contributed by atoms with E-state index in [0.29, 0.717) is 18.3 Å². The van der Waals surface area contributed by atoms with E-state index in [1.54, 1.807) is 12.1 Å². The van der Waals surface area contributed by atoms with Gasteiger partial charge in [-0.25, -0.2) is 0 Å². The van der Waals surface area contributed by atoms with E-state index >= 15 is 0 Å². The fourth-order valence-corrected chi connectivity index (χ4v) is 41.7. The van der Waals surface area contributed by atoms with E-state index in [1.807, 2.05) is 18.7 Å². The molecule has 0 bridgehead atoms. The van der Waals surface area contributed by atoms with Crippen LogP contribution in [-0.2, 0) is 18.1 Å². The Labute approximate surface area is 200 Å². The molecule has 1 aromatic carbocycles. The highest BCUT2D eigenvalue weighted by Crippen LogP contribution is 2.27. The van der Waals surface area contributed by atoms with Gasteiger partial charge in [-0.05, 0) is 43.6 Å². The molecule has 1 aliphatic heterocycles. The highest BCUT2D eigenvalue weighted by atomic mass is 29.8. The first-order chi connectivity index (χ1) is 15.2. The molecule has 1 heterocycles. The van der Waals surface area contributed by atoms with Crippen LogP contribution in [0, 0.1) is 0 Å². The molecule has 0 aliphatic carbocycles. The standard InChI is InChI=1S/C20H33F3NO4Si5/c1-24(19(25)16-20(21,22)23)17-9-8-10-18(15-17)32(3,4)13-14-33(5)28-11-6-7-12-30(26)31(27)29(33)2/h8-10,15H,6-7,11-14,16H2,1-5H3. The smallest absolute Gasteiger partial charge is 0.397 e. The van der Waals surface area contributed by atoms with Crippen molar-refractivity contribution in [3.8, 4) is 0 Å². The minimum atomic E-state index is -4.54. The Bertz CT molecular complexity index is 899. The third-order valence-corrected chi connectivity index (χ3v) is 41.3. The second kappa shape index (κ2) is 11.2. The summed E-state index contributed by atoms with van der Waals surface area (Å²) in [7, 11) is -8.39. The molecular formula is C20H33F3NO4Si5. The van der Waals surface area contributed by atoms with Crippen LogP contribution in [0.1, 0.15) is 19.3 Å². The number of hydrogen-bond acceptors (Lipinski definition) is 4. The molecule has 1 amide bonds. The Kier molecular flexibility index (Phi) is 9.66. The lowest BCUT2D eigenvalue weighted by atomic mass is 10.2. The molecule has 13 heteroatoms. The molecule has 0 saturated carbocycles. The minimum absolute atomic E-state index is 0.452. The number of nitrogens with zero attached hydrogens (tertiary/aromatic N) is 1. The van der Waals surface area contributed by atoms with Gasteiger partial charge in [0.05, 0.1) is 8.07 Å². The maximum Gasteiger partial charge on any atom is 0.397 e. The molecule has 0 spiro atoms. The van der Waals surface area contributed by atoms with Crippen LogP contribution < -0.4 is 10.1 Å². The fraction of sp³-hybridized carbons (Fsp3) is 0.650. The summed E-state index contributed by atoms with van der Waals surface area (Å²) in [5, 5.41) is 1.05. The first-order valence-corrected chi connectivity index (χ1v) is 25.0. The molecule has 5 nitrogen and oxygen atoms in total. The number of carbonyl (C=O) groups excluding carboxylic acids is 1. The van der Waals surface area contributed by atoms with Crippen molar-refractivity contribution in [2.45, 2.75) is 69.8 Å². The number of anilines is 1. The van der Waals surface area contributed by atoms with Crippen LogP contribution in [0.2, 0.25) is 44.3 Å². The monoisotopic (exact) mass is 548 g/mol. The maximum absolute atomic E-state index is 13.0. The summed E-state index contributed by atoms with van der Waals surface area (Å²) in [6.07, 6.45) is -4.37. The topological polar surface area (TPSA) is 63.7 Å². The molecule has 1 atom stereocenters. The minimum Gasteiger partial charge on any atom is -0.420 e. The van der Waals surface area contributed by atoms with Crippen molar-refractivity contribution in [1.29, 1.82) is 0 Å². The maximum atomic E-state index is 13.0. The van der Waals surface area contributed by atoms with E-state index in [0.717, 1.165) is 35.0 Å². The van der Waals surface area contributed by atoms with Gasteiger partial charge in [-0.15, -0.1) is 0 Å². The quantitative estimate of drug-likeness (QED) is 0.502. The predicted molar refractivity (Wildman–Crippen MR) is 133 cm³/mol. The molecule has 183 valence electrons. The Morgan fingerprint density at radius 2 is 1.91 bits per heavy atom. The van der Waals surface area contributed by atoms with E-state index in [-0.39, 0.29) is 0 Å². The summed E-state index contributed by atoms with van der Waals surface area (Å²) >= 11 is 0. The Hall–Kier alpha value is -0.876. The molecular weight excluding hydrogens is 516 g/mol. The lowest BCUT2D eigenvalue weighted by Gasteiger charge is -2.34. The number of alkyl halides is 3. The highest BCUT2D eigenvalue weighted by molar-refractivity contribution is 7.61. The number of benzene rings is 1. The molecule has 1 aliphatic rings. The van der Waals surface area contributed by atoms with Gasteiger partial charge in [-0.2, -0.15) is 13.2 Å². The third kappa shape index (κ3) is 7.81. The van der Waals surface area contributed by atoms with Gasteiger partial charge in [0, 0.05) is 19.3 Å². The molecule has 1 fully saturated rings. The van der Waals surface area contributed by atoms with Gasteiger partial charge in [-0.3, -0.25) is 4.79 Å². The van der Waals surface area contributed by atoms with Gasteiger partial charge in [0.2, 0.25) is 5.91 Å². The van der Waals surface area contributed by atoms with Gasteiger partial charge in [0.15, 0.2) is 7.83 Å². The Morgan fingerprint density at radius 3 is 2.55 bits per heavy atom. The summed E-state index contributed by atoms with van der Waals surface area (Å²) in [6.45, 7) is 9.23. The Balaban J connectivity index is 2.19. The first-order valence-electron chi connectivity index (χ1n) is 11.2. The van der Waals surface area contributed by atoms with Crippen molar-refractivity contribution in [3.05, 3.63) is 24.3 Å². The number of hydrogen-bond donors (Lipinski definition) is 0. The zero-order valence-electron chi connectivity index (χ0n) is 20.0. The van der Waals surface area contributed by atoms with Crippen LogP contribution in [0.25, 0.3) is 0 Å². The first kappa shape index (κ1) is 28.4. The fourth-order valence-electron chi connectivity index (χ4n) is 3.88. The van der Waals surface area contributed by atoms with Crippen molar-refractivity contribution in [2.75, 3.05) is 18.6 Å². The van der Waals surface area contributed by atoms with E-state index in [4.69, 9.17) is 4.43 Å². The number of amides is 1. The Morgan fingerprint density at radius 1 is 1.24 bits per heavy atom. The van der Waals surface area contributed by atoms with Crippen LogP contribution in [0.3, 0.4) is 0 Å². The van der Waals surface area contributed by atoms with Crippen LogP contribution in [-0.4, -0.2) is 65.4 Å². The lowest BCUT2D eigenvalue weighted by molar-refractivity contribution is -0.151. The summed E-state index contributed by atoms with van der Waals surface area (Å²) in [5.41, 5.74) is 0.452. The molecule has 1 radical (unpaired) electrons. The van der Waals surface area contributed by atoms with Gasteiger partial charge in [0.25, 0.3) is 0 Å². The second-order valence-corrected chi connectivity index (χ2v) is 36.0. The van der Waals surface area contributed by atoms with E-state index < -0.39 is 58.2 Å². The van der Waals surface area contributed by atoms with Crippen LogP contribution in [0.4, 0.5) is 18.9 Å². The van der Waals surface area contributed by atoms with Crippen molar-refractivity contribution in [3.63, 3.8) is 0 Å². The van der Waals surface area contributed by atoms with Crippen molar-refractivity contribution >= 4 is 56.4 Å². The molecule has 2 rings (SSSR count). The van der Waals surface area contributed by atoms with Crippen LogP contribution in [0.15, 0.2) is 24.3 Å². The number of halogens is 3. The summed E-state index contributed by atoms with van der Waals surface area (Å²) in [4.78, 5) is 13.1. The normalized spacial score (nSPS) is 21.3. The second-order valence-electron chi connectivity index (χ2n) is 9.59. The van der Waals surface area contributed by atoms with E-state index in [2.05, 4.69) is 19.6 Å². The van der Waals surface area contributed by atoms with E-state index in [1.165, 1.54) is 7.05 Å². The lowest BCUT2D eigenvalue weighted by Crippen LogP contribution is -2.58. The zero-order valence-corrected chi connectivity index (χ0v) is 25.0. The van der Waals surface area contributed by atoms with Crippen LogP contribution in [0.5, 0.6) is 0 Å². The molecule has 0 N–H and O–H groups in total. The zero-order chi connectivity index (χ0) is 25.0. The molecule has 33 heavy (non-hydrogen) atoms. The number of carbonyl (C=O) groups is 1.